The number of anilines is 1. The van der Waals surface area contributed by atoms with E-state index in [1.807, 2.05) is 26.0 Å². The minimum absolute atomic E-state index is 0.0599. The van der Waals surface area contributed by atoms with Gasteiger partial charge in [0.15, 0.2) is 11.4 Å². The van der Waals surface area contributed by atoms with Gasteiger partial charge in [0.1, 0.15) is 0 Å². The second kappa shape index (κ2) is 8.47. The average Bonchev–Trinajstić information content (AvgIpc) is 3.10. The van der Waals surface area contributed by atoms with Crippen LogP contribution in [-0.2, 0) is 0 Å². The number of alkyl halides is 3. The monoisotopic (exact) mass is 419 g/mol. The Morgan fingerprint density at radius 3 is 2.63 bits per heavy atom. The molecule has 160 valence electrons. The van der Waals surface area contributed by atoms with E-state index >= 15 is 0 Å². The van der Waals surface area contributed by atoms with Crippen molar-refractivity contribution in [3.05, 3.63) is 53.3 Å². The Hall–Kier alpha value is -2.87. The summed E-state index contributed by atoms with van der Waals surface area (Å²) in [5.74, 6) is 0.0599. The normalized spacial score (nSPS) is 12.9. The predicted octanol–water partition coefficient (Wildman–Crippen LogP) is 5.32. The fourth-order valence-corrected chi connectivity index (χ4v) is 3.35. The van der Waals surface area contributed by atoms with Crippen molar-refractivity contribution in [3.8, 4) is 11.3 Å². The van der Waals surface area contributed by atoms with Crippen molar-refractivity contribution in [3.63, 3.8) is 0 Å². The standard InChI is InChI=1S/C22H24F3N3O2/c1-4-20(30)17-6-5-15(9-13(17)2)19-11-27-21-18(26-8-7-22(23,24)25)10-16(14(3)29)12-28(19)21/h5-6,9-12,14,26,29H,4,7-8H2,1-3H3. The Morgan fingerprint density at radius 1 is 1.30 bits per heavy atom. The number of aliphatic hydroxyl groups is 1. The second-order valence-corrected chi connectivity index (χ2v) is 7.30. The molecule has 0 saturated heterocycles. The fourth-order valence-electron chi connectivity index (χ4n) is 3.35. The lowest BCUT2D eigenvalue weighted by Gasteiger charge is -2.14. The number of benzene rings is 1. The van der Waals surface area contributed by atoms with Crippen molar-refractivity contribution < 1.29 is 23.1 Å². The molecule has 1 atom stereocenters. The molecule has 2 heterocycles. The first-order valence-electron chi connectivity index (χ1n) is 9.74. The van der Waals surface area contributed by atoms with Gasteiger partial charge in [-0.3, -0.25) is 9.20 Å². The number of carbonyl (C=O) groups excluding carboxylic acids is 1. The van der Waals surface area contributed by atoms with Crippen molar-refractivity contribution in [2.24, 2.45) is 0 Å². The van der Waals surface area contributed by atoms with Gasteiger partial charge in [0, 0.05) is 30.3 Å². The van der Waals surface area contributed by atoms with Gasteiger partial charge < -0.3 is 10.4 Å². The van der Waals surface area contributed by atoms with Gasteiger partial charge in [0.25, 0.3) is 0 Å². The lowest BCUT2D eigenvalue weighted by Crippen LogP contribution is -2.15. The lowest BCUT2D eigenvalue weighted by atomic mass is 9.99. The zero-order valence-electron chi connectivity index (χ0n) is 17.0. The highest BCUT2D eigenvalue weighted by molar-refractivity contribution is 5.97. The van der Waals surface area contributed by atoms with Gasteiger partial charge in [-0.05, 0) is 37.1 Å². The van der Waals surface area contributed by atoms with Crippen LogP contribution in [0.25, 0.3) is 16.9 Å². The molecule has 3 aromatic rings. The number of aliphatic hydroxyl groups excluding tert-OH is 1. The van der Waals surface area contributed by atoms with Gasteiger partial charge in [0.05, 0.1) is 30.1 Å². The molecule has 1 unspecified atom stereocenters. The molecule has 0 spiro atoms. The number of nitrogens with one attached hydrogen (secondary N) is 1. The quantitative estimate of drug-likeness (QED) is 0.509. The predicted molar refractivity (Wildman–Crippen MR) is 110 cm³/mol. The van der Waals surface area contributed by atoms with Gasteiger partial charge >= 0.3 is 6.18 Å². The Morgan fingerprint density at radius 2 is 2.03 bits per heavy atom. The number of aryl methyl sites for hydroxylation is 1. The van der Waals surface area contributed by atoms with E-state index in [1.54, 1.807) is 35.9 Å². The minimum Gasteiger partial charge on any atom is -0.389 e. The first-order chi connectivity index (χ1) is 14.1. The molecule has 8 heteroatoms. The second-order valence-electron chi connectivity index (χ2n) is 7.30. The largest absolute Gasteiger partial charge is 0.390 e. The fraction of sp³-hybridized carbons (Fsp3) is 0.364. The molecule has 0 saturated carbocycles. The SMILES string of the molecule is CCC(=O)c1ccc(-c2cnc3c(NCCC(F)(F)F)cc(C(C)O)cn23)cc1C. The van der Waals surface area contributed by atoms with E-state index in [2.05, 4.69) is 10.3 Å². The maximum absolute atomic E-state index is 12.5. The van der Waals surface area contributed by atoms with Crippen LogP contribution in [0.3, 0.4) is 0 Å². The number of nitrogens with zero attached hydrogens (tertiary/aromatic N) is 2. The maximum Gasteiger partial charge on any atom is 0.390 e. The van der Waals surface area contributed by atoms with E-state index in [0.717, 1.165) is 11.1 Å². The summed E-state index contributed by atoms with van der Waals surface area (Å²) in [7, 11) is 0. The molecule has 30 heavy (non-hydrogen) atoms. The van der Waals surface area contributed by atoms with Crippen molar-refractivity contribution in [2.75, 3.05) is 11.9 Å². The molecule has 0 radical (unpaired) electrons. The number of Topliss-reactive ketones (excluding diaryl/α,β-unsaturated/α-hetero) is 1. The zero-order chi connectivity index (χ0) is 22.1. The summed E-state index contributed by atoms with van der Waals surface area (Å²) in [6.07, 6.45) is -2.28. The van der Waals surface area contributed by atoms with Crippen LogP contribution in [0.2, 0.25) is 0 Å². The Bertz CT molecular complexity index is 1070. The van der Waals surface area contributed by atoms with Crippen molar-refractivity contribution >= 4 is 17.1 Å². The number of carbonyl (C=O) groups is 1. The highest BCUT2D eigenvalue weighted by Gasteiger charge is 2.26. The minimum atomic E-state index is -4.26. The van der Waals surface area contributed by atoms with Gasteiger partial charge in [0.2, 0.25) is 0 Å². The average molecular weight is 419 g/mol. The summed E-state index contributed by atoms with van der Waals surface area (Å²) >= 11 is 0. The number of hydrogen-bond donors (Lipinski definition) is 2. The highest BCUT2D eigenvalue weighted by Crippen LogP contribution is 2.30. The van der Waals surface area contributed by atoms with Crippen LogP contribution in [0.5, 0.6) is 0 Å². The number of imidazole rings is 1. The molecule has 5 nitrogen and oxygen atoms in total. The molecule has 3 rings (SSSR count). The van der Waals surface area contributed by atoms with Crippen LogP contribution in [-0.4, -0.2) is 33.0 Å². The van der Waals surface area contributed by atoms with Crippen molar-refractivity contribution in [2.45, 2.75) is 45.9 Å². The van der Waals surface area contributed by atoms with Gasteiger partial charge in [-0.2, -0.15) is 13.2 Å². The van der Waals surface area contributed by atoms with Crippen LogP contribution in [0.4, 0.5) is 18.9 Å². The van der Waals surface area contributed by atoms with Crippen LogP contribution < -0.4 is 5.32 Å². The maximum atomic E-state index is 12.5. The molecule has 0 aliphatic carbocycles. The van der Waals surface area contributed by atoms with Crippen LogP contribution in [0.1, 0.15) is 54.3 Å². The molecule has 0 bridgehead atoms. The summed E-state index contributed by atoms with van der Waals surface area (Å²) in [5.41, 5.74) is 4.45. The smallest absolute Gasteiger partial charge is 0.389 e. The molecule has 2 N–H and O–H groups in total. The lowest BCUT2D eigenvalue weighted by molar-refractivity contribution is -0.131. The number of rotatable bonds is 7. The molecule has 1 aromatic carbocycles. The Labute approximate surface area is 172 Å². The Kier molecular flexibility index (Phi) is 6.17. The third-order valence-electron chi connectivity index (χ3n) is 4.98. The number of ketones is 1. The van der Waals surface area contributed by atoms with Crippen LogP contribution in [0, 0.1) is 6.92 Å². The summed E-state index contributed by atoms with van der Waals surface area (Å²) < 4.78 is 39.3. The van der Waals surface area contributed by atoms with E-state index in [1.165, 1.54) is 0 Å². The Balaban J connectivity index is 2.05. The van der Waals surface area contributed by atoms with Crippen molar-refractivity contribution in [1.29, 1.82) is 0 Å². The number of aromatic nitrogens is 2. The molecular formula is C22H24F3N3O2. The van der Waals surface area contributed by atoms with E-state index in [0.29, 0.717) is 34.6 Å². The first kappa shape index (κ1) is 21.8. The van der Waals surface area contributed by atoms with Crippen molar-refractivity contribution in [1.82, 2.24) is 9.38 Å². The van der Waals surface area contributed by atoms with E-state index in [9.17, 15) is 23.1 Å². The molecular weight excluding hydrogens is 395 g/mol. The number of pyridine rings is 1. The molecule has 2 aromatic heterocycles. The number of halogens is 3. The molecule has 0 amide bonds. The van der Waals surface area contributed by atoms with Crippen LogP contribution in [0.15, 0.2) is 36.7 Å². The van der Waals surface area contributed by atoms with Gasteiger partial charge in [-0.1, -0.05) is 19.1 Å². The molecule has 0 fully saturated rings. The van der Waals surface area contributed by atoms with E-state index < -0.39 is 18.7 Å². The third kappa shape index (κ3) is 4.64. The summed E-state index contributed by atoms with van der Waals surface area (Å²) in [5, 5.41) is 12.8. The number of fused-ring (bicyclic) bond motifs is 1. The van der Waals surface area contributed by atoms with Crippen LogP contribution >= 0.6 is 0 Å². The molecule has 0 aliphatic heterocycles. The number of hydrogen-bond acceptors (Lipinski definition) is 4. The first-order valence-corrected chi connectivity index (χ1v) is 9.74. The molecule has 0 aliphatic rings. The van der Waals surface area contributed by atoms with E-state index in [4.69, 9.17) is 0 Å². The third-order valence-corrected chi connectivity index (χ3v) is 4.98. The summed E-state index contributed by atoms with van der Waals surface area (Å²) in [6.45, 7) is 4.97. The van der Waals surface area contributed by atoms with Gasteiger partial charge in [-0.25, -0.2) is 4.98 Å². The summed E-state index contributed by atoms with van der Waals surface area (Å²) in [6, 6.07) is 7.10. The summed E-state index contributed by atoms with van der Waals surface area (Å²) in [4.78, 5) is 16.4. The highest BCUT2D eigenvalue weighted by atomic mass is 19.4. The topological polar surface area (TPSA) is 66.6 Å². The zero-order valence-corrected chi connectivity index (χ0v) is 17.0. The van der Waals surface area contributed by atoms with Gasteiger partial charge in [-0.15, -0.1) is 0 Å². The van der Waals surface area contributed by atoms with E-state index in [-0.39, 0.29) is 12.3 Å².